The second-order valence-electron chi connectivity index (χ2n) is 6.58. The average molecular weight is 369 g/mol. The number of carboxylic acids is 1. The van der Waals surface area contributed by atoms with Crippen LogP contribution < -0.4 is 5.32 Å². The molecule has 0 saturated carbocycles. The van der Waals surface area contributed by atoms with Gasteiger partial charge in [0, 0.05) is 17.2 Å². The van der Waals surface area contributed by atoms with Crippen LogP contribution in [0.25, 0.3) is 0 Å². The van der Waals surface area contributed by atoms with Crippen LogP contribution in [0.3, 0.4) is 0 Å². The molecule has 0 unspecified atom stereocenters. The van der Waals surface area contributed by atoms with Crippen molar-refractivity contribution in [3.05, 3.63) is 64.7 Å². The van der Waals surface area contributed by atoms with Gasteiger partial charge in [-0.3, -0.25) is 9.59 Å². The first-order chi connectivity index (χ1) is 12.6. The van der Waals surface area contributed by atoms with Crippen molar-refractivity contribution in [3.8, 4) is 0 Å². The Balaban J connectivity index is 1.52. The number of anilines is 1. The monoisotopic (exact) mass is 369 g/mol. The molecule has 0 aliphatic heterocycles. The summed E-state index contributed by atoms with van der Waals surface area (Å²) >= 11 is 1.58. The van der Waals surface area contributed by atoms with Gasteiger partial charge >= 0.3 is 5.97 Å². The molecule has 4 nitrogen and oxygen atoms in total. The molecular formula is C21H23NO3S. The molecule has 0 saturated heterocycles. The first kappa shape index (κ1) is 18.5. The van der Waals surface area contributed by atoms with Crippen molar-refractivity contribution < 1.29 is 14.7 Å². The predicted octanol–water partition coefficient (Wildman–Crippen LogP) is 4.06. The minimum atomic E-state index is -0.773. The second kappa shape index (κ2) is 8.90. The van der Waals surface area contributed by atoms with Gasteiger partial charge in [-0.2, -0.15) is 11.8 Å². The molecule has 1 aliphatic rings. The number of benzene rings is 2. The Morgan fingerprint density at radius 3 is 2.73 bits per heavy atom. The van der Waals surface area contributed by atoms with Gasteiger partial charge in [0.1, 0.15) is 0 Å². The highest BCUT2D eigenvalue weighted by Crippen LogP contribution is 2.23. The van der Waals surface area contributed by atoms with E-state index < -0.39 is 5.97 Å². The van der Waals surface area contributed by atoms with Crippen LogP contribution in [0.15, 0.2) is 42.5 Å². The lowest BCUT2D eigenvalue weighted by molar-refractivity contribution is -0.136. The van der Waals surface area contributed by atoms with E-state index in [0.29, 0.717) is 12.2 Å². The van der Waals surface area contributed by atoms with Crippen LogP contribution in [0, 0.1) is 0 Å². The topological polar surface area (TPSA) is 66.4 Å². The third-order valence-electron chi connectivity index (χ3n) is 4.47. The fourth-order valence-electron chi connectivity index (χ4n) is 3.21. The van der Waals surface area contributed by atoms with Crippen LogP contribution in [0.4, 0.5) is 5.69 Å². The molecule has 1 amide bonds. The van der Waals surface area contributed by atoms with Crippen LogP contribution >= 0.6 is 11.8 Å². The van der Waals surface area contributed by atoms with E-state index in [9.17, 15) is 9.59 Å². The number of amides is 1. The Morgan fingerprint density at radius 1 is 1.04 bits per heavy atom. The highest BCUT2D eigenvalue weighted by Gasteiger charge is 2.12. The van der Waals surface area contributed by atoms with E-state index in [1.165, 1.54) is 17.5 Å². The largest absolute Gasteiger partial charge is 0.481 e. The minimum absolute atomic E-state index is 0.0152. The maximum atomic E-state index is 12.3. The molecule has 0 aromatic heterocycles. The molecule has 0 fully saturated rings. The van der Waals surface area contributed by atoms with Crippen molar-refractivity contribution in [1.82, 2.24) is 0 Å². The van der Waals surface area contributed by atoms with E-state index in [1.54, 1.807) is 11.8 Å². The zero-order valence-electron chi connectivity index (χ0n) is 14.7. The van der Waals surface area contributed by atoms with E-state index in [0.717, 1.165) is 35.4 Å². The fourth-order valence-corrected chi connectivity index (χ4v) is 4.09. The van der Waals surface area contributed by atoms with Crippen molar-refractivity contribution in [1.29, 1.82) is 0 Å². The molecule has 0 spiro atoms. The zero-order valence-corrected chi connectivity index (χ0v) is 15.5. The van der Waals surface area contributed by atoms with Crippen LogP contribution in [-0.2, 0) is 34.6 Å². The van der Waals surface area contributed by atoms with Crippen LogP contribution in [-0.4, -0.2) is 22.7 Å². The number of carbonyl (C=O) groups excluding carboxylic acids is 1. The lowest BCUT2D eigenvalue weighted by Gasteiger charge is -2.09. The van der Waals surface area contributed by atoms with Crippen molar-refractivity contribution in [3.63, 3.8) is 0 Å². The highest BCUT2D eigenvalue weighted by atomic mass is 32.2. The van der Waals surface area contributed by atoms with Gasteiger partial charge in [-0.1, -0.05) is 30.3 Å². The van der Waals surface area contributed by atoms with Crippen molar-refractivity contribution in [2.24, 2.45) is 0 Å². The first-order valence-corrected chi connectivity index (χ1v) is 10.0. The Labute approximate surface area is 158 Å². The third kappa shape index (κ3) is 5.36. The van der Waals surface area contributed by atoms with Crippen molar-refractivity contribution in [2.45, 2.75) is 37.9 Å². The van der Waals surface area contributed by atoms with Gasteiger partial charge in [0.25, 0.3) is 0 Å². The molecular weight excluding hydrogens is 346 g/mol. The highest BCUT2D eigenvalue weighted by molar-refractivity contribution is 7.98. The number of rotatable bonds is 8. The van der Waals surface area contributed by atoms with E-state index in [1.807, 2.05) is 24.3 Å². The number of fused-ring (bicyclic) bond motifs is 1. The fraction of sp³-hybridized carbons (Fsp3) is 0.333. The zero-order chi connectivity index (χ0) is 18.4. The van der Waals surface area contributed by atoms with E-state index in [-0.39, 0.29) is 12.3 Å². The molecule has 0 atom stereocenters. The number of carbonyl (C=O) groups is 2. The van der Waals surface area contributed by atoms with Crippen LogP contribution in [0.1, 0.15) is 35.1 Å². The SMILES string of the molecule is O=C(O)CCSCc1cccc(NC(=O)Cc2ccc3c(c2)CCC3)c1. The number of carboxylic acid groups (broad SMARTS) is 1. The number of hydrogen-bond donors (Lipinski definition) is 2. The molecule has 136 valence electrons. The van der Waals surface area contributed by atoms with Gasteiger partial charge in [-0.25, -0.2) is 0 Å². The van der Waals surface area contributed by atoms with Gasteiger partial charge in [0.15, 0.2) is 0 Å². The molecule has 26 heavy (non-hydrogen) atoms. The number of thioether (sulfide) groups is 1. The maximum Gasteiger partial charge on any atom is 0.304 e. The summed E-state index contributed by atoms with van der Waals surface area (Å²) in [7, 11) is 0. The number of nitrogens with one attached hydrogen (secondary N) is 1. The molecule has 0 bridgehead atoms. The summed E-state index contributed by atoms with van der Waals surface area (Å²) in [4.78, 5) is 22.9. The molecule has 0 heterocycles. The second-order valence-corrected chi connectivity index (χ2v) is 7.68. The number of aliphatic carboxylic acids is 1. The first-order valence-electron chi connectivity index (χ1n) is 8.89. The summed E-state index contributed by atoms with van der Waals surface area (Å²) in [5.74, 6) is 0.537. The normalized spacial score (nSPS) is 12.6. The summed E-state index contributed by atoms with van der Waals surface area (Å²) in [6.45, 7) is 0. The lowest BCUT2D eigenvalue weighted by atomic mass is 10.0. The quantitative estimate of drug-likeness (QED) is 0.689. The lowest BCUT2D eigenvalue weighted by Crippen LogP contribution is -2.14. The summed E-state index contributed by atoms with van der Waals surface area (Å²) < 4.78 is 0. The third-order valence-corrected chi connectivity index (χ3v) is 5.50. The molecule has 1 aliphatic carbocycles. The van der Waals surface area contributed by atoms with Crippen molar-refractivity contribution in [2.75, 3.05) is 11.1 Å². The summed E-state index contributed by atoms with van der Waals surface area (Å²) in [5.41, 5.74) is 5.73. The Kier molecular flexibility index (Phi) is 6.34. The average Bonchev–Trinajstić information content (AvgIpc) is 3.06. The van der Waals surface area contributed by atoms with Gasteiger partial charge < -0.3 is 10.4 Å². The summed E-state index contributed by atoms with van der Waals surface area (Å²) in [5, 5.41) is 11.6. The van der Waals surface area contributed by atoms with Gasteiger partial charge in [-0.15, -0.1) is 0 Å². The van der Waals surface area contributed by atoms with Crippen LogP contribution in [0.2, 0.25) is 0 Å². The minimum Gasteiger partial charge on any atom is -0.481 e. The predicted molar refractivity (Wildman–Crippen MR) is 106 cm³/mol. The molecule has 3 rings (SSSR count). The van der Waals surface area contributed by atoms with Crippen molar-refractivity contribution >= 4 is 29.3 Å². The molecule has 2 aromatic rings. The van der Waals surface area contributed by atoms with E-state index in [2.05, 4.69) is 23.5 Å². The standard InChI is InChI=1S/C21H23NO3S/c23-20(13-15-7-8-17-4-2-5-18(17)11-15)22-19-6-1-3-16(12-19)14-26-10-9-21(24)25/h1,3,6-8,11-12H,2,4-5,9-10,13-14H2,(H,22,23)(H,24,25). The van der Waals surface area contributed by atoms with E-state index in [4.69, 9.17) is 5.11 Å². The Bertz CT molecular complexity index is 804. The number of hydrogen-bond acceptors (Lipinski definition) is 3. The molecule has 5 heteroatoms. The summed E-state index contributed by atoms with van der Waals surface area (Å²) in [6.07, 6.45) is 4.03. The smallest absolute Gasteiger partial charge is 0.304 e. The Hall–Kier alpha value is -2.27. The van der Waals surface area contributed by atoms with Gasteiger partial charge in [-0.05, 0) is 53.6 Å². The van der Waals surface area contributed by atoms with Gasteiger partial charge in [0.05, 0.1) is 12.8 Å². The molecule has 2 N–H and O–H groups in total. The van der Waals surface area contributed by atoms with E-state index >= 15 is 0 Å². The van der Waals surface area contributed by atoms with Crippen LogP contribution in [0.5, 0.6) is 0 Å². The van der Waals surface area contributed by atoms with Gasteiger partial charge in [0.2, 0.25) is 5.91 Å². The maximum absolute atomic E-state index is 12.3. The molecule has 0 radical (unpaired) electrons. The Morgan fingerprint density at radius 2 is 1.88 bits per heavy atom. The number of aryl methyl sites for hydroxylation is 2. The summed E-state index contributed by atoms with van der Waals surface area (Å²) in [6, 6.07) is 14.1. The molecule has 2 aromatic carbocycles.